The molecule has 10 nitrogen and oxygen atoms in total. The molecule has 0 unspecified atom stereocenters. The van der Waals surface area contributed by atoms with Crippen LogP contribution in [0.3, 0.4) is 0 Å². The van der Waals surface area contributed by atoms with Gasteiger partial charge in [-0.3, -0.25) is 14.5 Å². The Morgan fingerprint density at radius 1 is 1.11 bits per heavy atom. The summed E-state index contributed by atoms with van der Waals surface area (Å²) in [5.74, 6) is 0.973. The molecule has 35 heavy (non-hydrogen) atoms. The molecule has 0 radical (unpaired) electrons. The van der Waals surface area contributed by atoms with Crippen LogP contribution in [0.4, 0.5) is 5.69 Å². The smallest absolute Gasteiger partial charge is 0.251 e. The fourth-order valence-corrected chi connectivity index (χ4v) is 3.63. The quantitative estimate of drug-likeness (QED) is 0.430. The first-order valence-electron chi connectivity index (χ1n) is 11.2. The number of aryl methyl sites for hydroxylation is 2. The van der Waals surface area contributed by atoms with Gasteiger partial charge in [0.25, 0.3) is 11.8 Å². The fraction of sp³-hybridized carbons (Fsp3) is 0.320. The van der Waals surface area contributed by atoms with E-state index in [2.05, 4.69) is 20.7 Å². The lowest BCUT2D eigenvalue weighted by atomic mass is 10.1. The number of benzene rings is 1. The maximum Gasteiger partial charge on any atom is 0.251 e. The van der Waals surface area contributed by atoms with Crippen LogP contribution in [0.1, 0.15) is 43.9 Å². The van der Waals surface area contributed by atoms with E-state index in [1.165, 1.54) is 16.0 Å². The zero-order valence-corrected chi connectivity index (χ0v) is 20.3. The Morgan fingerprint density at radius 2 is 1.91 bits per heavy atom. The summed E-state index contributed by atoms with van der Waals surface area (Å²) >= 11 is 0. The molecule has 0 aliphatic heterocycles. The van der Waals surface area contributed by atoms with Crippen molar-refractivity contribution in [1.82, 2.24) is 25.5 Å². The summed E-state index contributed by atoms with van der Waals surface area (Å²) in [4.78, 5) is 29.8. The van der Waals surface area contributed by atoms with Gasteiger partial charge in [-0.25, -0.2) is 0 Å². The molecule has 0 aliphatic carbocycles. The average Bonchev–Trinajstić information content (AvgIpc) is 3.52. The van der Waals surface area contributed by atoms with Crippen molar-refractivity contribution < 1.29 is 18.4 Å². The summed E-state index contributed by atoms with van der Waals surface area (Å²) in [5, 5.41) is 15.2. The molecule has 4 aromatic rings. The third-order valence-electron chi connectivity index (χ3n) is 5.06. The van der Waals surface area contributed by atoms with Gasteiger partial charge in [0, 0.05) is 11.2 Å². The number of rotatable bonds is 7. The molecular weight excluding hydrogens is 448 g/mol. The maximum atomic E-state index is 13.7. The van der Waals surface area contributed by atoms with Gasteiger partial charge in [-0.05, 0) is 81.8 Å². The number of nitrogens with zero attached hydrogens (tertiary/aromatic N) is 5. The predicted molar refractivity (Wildman–Crippen MR) is 128 cm³/mol. The van der Waals surface area contributed by atoms with Crippen LogP contribution < -0.4 is 10.2 Å². The Kier molecular flexibility index (Phi) is 6.54. The lowest BCUT2D eigenvalue weighted by Gasteiger charge is -2.32. The van der Waals surface area contributed by atoms with Crippen LogP contribution in [0.2, 0.25) is 0 Å². The Bertz CT molecular complexity index is 1320. The molecule has 1 aromatic carbocycles. The lowest BCUT2D eigenvalue weighted by molar-refractivity contribution is -0.128. The Morgan fingerprint density at radius 3 is 2.54 bits per heavy atom. The monoisotopic (exact) mass is 476 g/mol. The highest BCUT2D eigenvalue weighted by Crippen LogP contribution is 2.30. The predicted octanol–water partition coefficient (Wildman–Crippen LogP) is 3.83. The first-order valence-corrected chi connectivity index (χ1v) is 11.2. The van der Waals surface area contributed by atoms with Gasteiger partial charge in [-0.15, -0.1) is 10.2 Å². The van der Waals surface area contributed by atoms with Crippen LogP contribution in [0.5, 0.6) is 0 Å². The molecule has 0 bridgehead atoms. The van der Waals surface area contributed by atoms with Gasteiger partial charge in [0.05, 0.1) is 6.26 Å². The number of tetrazole rings is 1. The second-order valence-electron chi connectivity index (χ2n) is 9.31. The van der Waals surface area contributed by atoms with Crippen molar-refractivity contribution in [1.29, 1.82) is 0 Å². The summed E-state index contributed by atoms with van der Waals surface area (Å²) in [6.07, 6.45) is 1.47. The number of furan rings is 2. The second-order valence-corrected chi connectivity index (χ2v) is 9.31. The topological polar surface area (TPSA) is 119 Å². The van der Waals surface area contributed by atoms with Gasteiger partial charge < -0.3 is 14.2 Å². The van der Waals surface area contributed by atoms with E-state index in [1.54, 1.807) is 30.3 Å². The molecule has 0 saturated carbocycles. The third kappa shape index (κ3) is 5.65. The van der Waals surface area contributed by atoms with Crippen molar-refractivity contribution in [2.45, 2.75) is 52.7 Å². The number of carbonyl (C=O) groups excluding carboxylic acids is 2. The van der Waals surface area contributed by atoms with E-state index in [0.29, 0.717) is 23.0 Å². The summed E-state index contributed by atoms with van der Waals surface area (Å²) < 4.78 is 11.2. The molecular formula is C25H28N6O4. The number of nitrogens with one attached hydrogen (secondary N) is 1. The molecule has 3 heterocycles. The number of carbonyl (C=O) groups is 2. The first kappa shape index (κ1) is 23.9. The molecule has 0 fully saturated rings. The molecule has 4 rings (SSSR count). The molecule has 2 amide bonds. The minimum atomic E-state index is -1.05. The standard InChI is InChI=1S/C25H28N6O4/c1-16-8-6-9-18(14-16)31(22(19-10-7-13-34-19)24(33)26-25(3,4)5)21(32)15-30-28-23(27-29-30)20-12-11-17(2)35-20/h6-14,22H,15H2,1-5H3,(H,26,33)/t22-/m1/s1. The molecule has 182 valence electrons. The lowest BCUT2D eigenvalue weighted by Crippen LogP contribution is -2.50. The van der Waals surface area contributed by atoms with E-state index in [0.717, 1.165) is 5.56 Å². The highest BCUT2D eigenvalue weighted by Gasteiger charge is 2.36. The molecule has 0 saturated heterocycles. The van der Waals surface area contributed by atoms with Crippen molar-refractivity contribution in [3.8, 4) is 11.6 Å². The number of hydrogen-bond donors (Lipinski definition) is 1. The van der Waals surface area contributed by atoms with E-state index >= 15 is 0 Å². The van der Waals surface area contributed by atoms with E-state index in [4.69, 9.17) is 8.83 Å². The van der Waals surface area contributed by atoms with Crippen molar-refractivity contribution in [2.24, 2.45) is 0 Å². The molecule has 10 heteroatoms. The van der Waals surface area contributed by atoms with Crippen molar-refractivity contribution in [3.63, 3.8) is 0 Å². The number of anilines is 1. The number of hydrogen-bond acceptors (Lipinski definition) is 7. The third-order valence-corrected chi connectivity index (χ3v) is 5.06. The van der Waals surface area contributed by atoms with Crippen molar-refractivity contribution in [3.05, 3.63) is 71.9 Å². The largest absolute Gasteiger partial charge is 0.467 e. The van der Waals surface area contributed by atoms with Crippen LogP contribution in [0.25, 0.3) is 11.6 Å². The van der Waals surface area contributed by atoms with E-state index < -0.39 is 17.5 Å². The average molecular weight is 477 g/mol. The fourth-order valence-electron chi connectivity index (χ4n) is 3.63. The molecule has 0 aliphatic rings. The minimum Gasteiger partial charge on any atom is -0.467 e. The molecule has 1 N–H and O–H groups in total. The number of amides is 2. The SMILES string of the molecule is Cc1cccc(N(C(=O)Cn2nnc(-c3ccc(C)o3)n2)[C@@H](C(=O)NC(C)(C)C)c2ccco2)c1. The summed E-state index contributed by atoms with van der Waals surface area (Å²) in [6, 6.07) is 13.2. The second kappa shape index (κ2) is 9.57. The highest BCUT2D eigenvalue weighted by atomic mass is 16.3. The first-order chi connectivity index (χ1) is 16.6. The van der Waals surface area contributed by atoms with E-state index in [9.17, 15) is 9.59 Å². The molecule has 0 spiro atoms. The maximum absolute atomic E-state index is 13.7. The Labute approximate surface area is 202 Å². The van der Waals surface area contributed by atoms with Gasteiger partial charge in [0.2, 0.25) is 5.82 Å². The van der Waals surface area contributed by atoms with Crippen LogP contribution in [-0.2, 0) is 16.1 Å². The summed E-state index contributed by atoms with van der Waals surface area (Å²) in [7, 11) is 0. The van der Waals surface area contributed by atoms with Gasteiger partial charge in [-0.2, -0.15) is 4.80 Å². The molecule has 3 aromatic heterocycles. The Hall–Kier alpha value is -4.21. The zero-order chi connectivity index (χ0) is 25.2. The molecule has 1 atom stereocenters. The zero-order valence-electron chi connectivity index (χ0n) is 20.3. The number of aromatic nitrogens is 4. The van der Waals surface area contributed by atoms with Gasteiger partial charge in [0.15, 0.2) is 11.8 Å². The van der Waals surface area contributed by atoms with E-state index in [-0.39, 0.29) is 18.3 Å². The van der Waals surface area contributed by atoms with Crippen LogP contribution >= 0.6 is 0 Å². The van der Waals surface area contributed by atoms with Crippen molar-refractivity contribution >= 4 is 17.5 Å². The normalized spacial score (nSPS) is 12.4. The van der Waals surface area contributed by atoms with Crippen molar-refractivity contribution in [2.75, 3.05) is 4.90 Å². The van der Waals surface area contributed by atoms with Gasteiger partial charge in [-0.1, -0.05) is 12.1 Å². The van der Waals surface area contributed by atoms with E-state index in [1.807, 2.05) is 52.8 Å². The summed E-state index contributed by atoms with van der Waals surface area (Å²) in [5.41, 5.74) is 0.957. The van der Waals surface area contributed by atoms with Crippen LogP contribution in [0, 0.1) is 13.8 Å². The van der Waals surface area contributed by atoms with Crippen LogP contribution in [-0.4, -0.2) is 37.6 Å². The minimum absolute atomic E-state index is 0.249. The van der Waals surface area contributed by atoms with Gasteiger partial charge in [0.1, 0.15) is 18.1 Å². The van der Waals surface area contributed by atoms with Gasteiger partial charge >= 0.3 is 0 Å². The summed E-state index contributed by atoms with van der Waals surface area (Å²) in [6.45, 7) is 9.11. The Balaban J connectivity index is 1.71. The highest BCUT2D eigenvalue weighted by molar-refractivity contribution is 6.01. The van der Waals surface area contributed by atoms with Crippen LogP contribution in [0.15, 0.2) is 63.6 Å².